The molecular formula is C11H15BrClN3. The Balaban J connectivity index is 2.23. The summed E-state index contributed by atoms with van der Waals surface area (Å²) >= 11 is 9.32. The Hall–Kier alpha value is -0.160. The first-order chi connectivity index (χ1) is 7.72. The summed E-state index contributed by atoms with van der Waals surface area (Å²) in [6, 6.07) is 2.47. The topological polar surface area (TPSA) is 28.2 Å². The SMILES string of the molecule is CNN1CCCCC1c1cnc(Cl)c(Br)c1. The maximum atomic E-state index is 5.90. The quantitative estimate of drug-likeness (QED) is 0.851. The van der Waals surface area contributed by atoms with Gasteiger partial charge in [-0.1, -0.05) is 18.0 Å². The Morgan fingerprint density at radius 3 is 3.06 bits per heavy atom. The van der Waals surface area contributed by atoms with Crippen molar-refractivity contribution in [2.75, 3.05) is 13.6 Å². The molecule has 0 radical (unpaired) electrons. The molecule has 1 N–H and O–H groups in total. The molecule has 1 aliphatic rings. The zero-order chi connectivity index (χ0) is 11.5. The molecule has 16 heavy (non-hydrogen) atoms. The van der Waals surface area contributed by atoms with Crippen LogP contribution in [0.15, 0.2) is 16.7 Å². The Labute approximate surface area is 109 Å². The highest BCUT2D eigenvalue weighted by atomic mass is 79.9. The number of nitrogens with one attached hydrogen (secondary N) is 1. The standard InChI is InChI=1S/C11H15BrClN3/c1-14-16-5-3-2-4-10(16)8-6-9(12)11(13)15-7-8/h6-7,10,14H,2-5H2,1H3. The van der Waals surface area contributed by atoms with Gasteiger partial charge >= 0.3 is 0 Å². The van der Waals surface area contributed by atoms with E-state index in [0.29, 0.717) is 11.2 Å². The molecule has 2 heterocycles. The molecule has 0 spiro atoms. The average Bonchev–Trinajstić information content (AvgIpc) is 2.32. The van der Waals surface area contributed by atoms with E-state index < -0.39 is 0 Å². The first-order valence-corrected chi connectivity index (χ1v) is 6.64. The molecule has 0 saturated carbocycles. The summed E-state index contributed by atoms with van der Waals surface area (Å²) in [5.74, 6) is 0. The number of piperidine rings is 1. The van der Waals surface area contributed by atoms with Crippen LogP contribution in [-0.2, 0) is 0 Å². The lowest BCUT2D eigenvalue weighted by Gasteiger charge is -2.35. The molecule has 5 heteroatoms. The van der Waals surface area contributed by atoms with E-state index in [4.69, 9.17) is 11.6 Å². The number of aromatic nitrogens is 1. The Bertz CT molecular complexity index is 372. The fourth-order valence-corrected chi connectivity index (χ4v) is 2.63. The monoisotopic (exact) mass is 303 g/mol. The van der Waals surface area contributed by atoms with Gasteiger partial charge in [0.15, 0.2) is 0 Å². The van der Waals surface area contributed by atoms with E-state index in [0.717, 1.165) is 17.4 Å². The lowest BCUT2D eigenvalue weighted by atomic mass is 9.98. The number of rotatable bonds is 2. The molecule has 88 valence electrons. The van der Waals surface area contributed by atoms with E-state index >= 15 is 0 Å². The highest BCUT2D eigenvalue weighted by Gasteiger charge is 2.23. The predicted molar refractivity (Wildman–Crippen MR) is 69.3 cm³/mol. The van der Waals surface area contributed by atoms with Crippen molar-refractivity contribution < 1.29 is 0 Å². The highest BCUT2D eigenvalue weighted by molar-refractivity contribution is 9.10. The third-order valence-electron chi connectivity index (χ3n) is 2.99. The minimum atomic E-state index is 0.403. The average molecular weight is 305 g/mol. The Morgan fingerprint density at radius 1 is 1.56 bits per heavy atom. The Morgan fingerprint density at radius 2 is 2.38 bits per heavy atom. The second kappa shape index (κ2) is 5.45. The van der Waals surface area contributed by atoms with E-state index in [1.807, 2.05) is 13.2 Å². The van der Waals surface area contributed by atoms with Crippen molar-refractivity contribution in [1.82, 2.24) is 15.4 Å². The fraction of sp³-hybridized carbons (Fsp3) is 0.545. The normalized spacial score (nSPS) is 22.3. The Kier molecular flexibility index (Phi) is 4.19. The molecule has 0 aliphatic carbocycles. The third kappa shape index (κ3) is 2.56. The van der Waals surface area contributed by atoms with Crippen LogP contribution in [0, 0.1) is 0 Å². The van der Waals surface area contributed by atoms with Crippen LogP contribution >= 0.6 is 27.5 Å². The first kappa shape index (κ1) is 12.3. The molecule has 1 fully saturated rings. The lowest BCUT2D eigenvalue weighted by molar-refractivity contribution is 0.0982. The highest BCUT2D eigenvalue weighted by Crippen LogP contribution is 2.31. The molecule has 1 aromatic rings. The van der Waals surface area contributed by atoms with Gasteiger partial charge in [0.05, 0.1) is 10.5 Å². The van der Waals surface area contributed by atoms with Crippen LogP contribution < -0.4 is 5.43 Å². The summed E-state index contributed by atoms with van der Waals surface area (Å²) in [5, 5.41) is 2.79. The molecule has 2 rings (SSSR count). The maximum Gasteiger partial charge on any atom is 0.143 e. The lowest BCUT2D eigenvalue weighted by Crippen LogP contribution is -2.41. The van der Waals surface area contributed by atoms with Crippen LogP contribution in [0.2, 0.25) is 5.15 Å². The van der Waals surface area contributed by atoms with Crippen LogP contribution in [0.4, 0.5) is 0 Å². The molecule has 1 unspecified atom stereocenters. The van der Waals surface area contributed by atoms with Crippen molar-refractivity contribution in [1.29, 1.82) is 0 Å². The second-order valence-electron chi connectivity index (χ2n) is 3.97. The number of halogens is 2. The molecule has 1 aromatic heterocycles. The van der Waals surface area contributed by atoms with Crippen molar-refractivity contribution in [2.45, 2.75) is 25.3 Å². The van der Waals surface area contributed by atoms with Gasteiger partial charge in [-0.2, -0.15) is 0 Å². The van der Waals surface area contributed by atoms with Crippen LogP contribution in [0.25, 0.3) is 0 Å². The van der Waals surface area contributed by atoms with Gasteiger partial charge < -0.3 is 0 Å². The summed E-state index contributed by atoms with van der Waals surface area (Å²) in [4.78, 5) is 4.19. The van der Waals surface area contributed by atoms with Crippen molar-refractivity contribution in [3.8, 4) is 0 Å². The smallest absolute Gasteiger partial charge is 0.143 e. The van der Waals surface area contributed by atoms with Crippen LogP contribution in [-0.4, -0.2) is 23.6 Å². The summed E-state index contributed by atoms with van der Waals surface area (Å²) < 4.78 is 0.869. The molecule has 3 nitrogen and oxygen atoms in total. The van der Waals surface area contributed by atoms with Crippen molar-refractivity contribution >= 4 is 27.5 Å². The van der Waals surface area contributed by atoms with Gasteiger partial charge in [0.25, 0.3) is 0 Å². The number of nitrogens with zero attached hydrogens (tertiary/aromatic N) is 2. The van der Waals surface area contributed by atoms with Gasteiger partial charge in [-0.05, 0) is 47.4 Å². The zero-order valence-electron chi connectivity index (χ0n) is 9.21. The summed E-state index contributed by atoms with van der Waals surface area (Å²) in [6.07, 6.45) is 5.55. The zero-order valence-corrected chi connectivity index (χ0v) is 11.6. The molecule has 1 atom stereocenters. The first-order valence-electron chi connectivity index (χ1n) is 5.47. The minimum Gasteiger partial charge on any atom is -0.258 e. The molecule has 0 amide bonds. The number of hydrogen-bond acceptors (Lipinski definition) is 3. The van der Waals surface area contributed by atoms with Gasteiger partial charge in [-0.3, -0.25) is 5.43 Å². The summed E-state index contributed by atoms with van der Waals surface area (Å²) in [6.45, 7) is 1.08. The third-order valence-corrected chi connectivity index (χ3v) is 4.13. The van der Waals surface area contributed by atoms with Gasteiger partial charge in [0.1, 0.15) is 5.15 Å². The number of hydrazine groups is 1. The van der Waals surface area contributed by atoms with Gasteiger partial charge in [0.2, 0.25) is 0 Å². The minimum absolute atomic E-state index is 0.403. The van der Waals surface area contributed by atoms with Gasteiger partial charge in [-0.25, -0.2) is 9.99 Å². The van der Waals surface area contributed by atoms with Gasteiger partial charge in [-0.15, -0.1) is 0 Å². The largest absolute Gasteiger partial charge is 0.258 e. The van der Waals surface area contributed by atoms with Crippen molar-refractivity contribution in [3.05, 3.63) is 27.5 Å². The molecule has 1 aliphatic heterocycles. The van der Waals surface area contributed by atoms with Crippen molar-refractivity contribution in [3.63, 3.8) is 0 Å². The van der Waals surface area contributed by atoms with Gasteiger partial charge in [0, 0.05) is 12.7 Å². The van der Waals surface area contributed by atoms with Crippen LogP contribution in [0.3, 0.4) is 0 Å². The molecule has 1 saturated heterocycles. The second-order valence-corrected chi connectivity index (χ2v) is 5.18. The predicted octanol–water partition coefficient (Wildman–Crippen LogP) is 3.16. The van der Waals surface area contributed by atoms with E-state index in [9.17, 15) is 0 Å². The summed E-state index contributed by atoms with van der Waals surface area (Å²) in [5.41, 5.74) is 4.46. The molecule has 0 aromatic carbocycles. The van der Waals surface area contributed by atoms with E-state index in [1.165, 1.54) is 18.4 Å². The summed E-state index contributed by atoms with van der Waals surface area (Å²) in [7, 11) is 1.97. The van der Waals surface area contributed by atoms with Crippen LogP contribution in [0.5, 0.6) is 0 Å². The van der Waals surface area contributed by atoms with E-state index in [2.05, 4.69) is 37.4 Å². The number of pyridine rings is 1. The fourth-order valence-electron chi connectivity index (χ4n) is 2.16. The van der Waals surface area contributed by atoms with E-state index in [-0.39, 0.29) is 0 Å². The van der Waals surface area contributed by atoms with Crippen molar-refractivity contribution in [2.24, 2.45) is 0 Å². The molecular weight excluding hydrogens is 289 g/mol. The van der Waals surface area contributed by atoms with E-state index in [1.54, 1.807) is 0 Å². The maximum absolute atomic E-state index is 5.90. The van der Waals surface area contributed by atoms with Crippen LogP contribution in [0.1, 0.15) is 30.9 Å². The number of hydrogen-bond donors (Lipinski definition) is 1. The molecule has 0 bridgehead atoms.